The molecule has 6 heteroatoms. The van der Waals surface area contributed by atoms with E-state index in [1.165, 1.54) is 12.1 Å². The summed E-state index contributed by atoms with van der Waals surface area (Å²) in [4.78, 5) is 16.5. The molecule has 0 spiro atoms. The van der Waals surface area contributed by atoms with Gasteiger partial charge in [-0.25, -0.2) is 9.37 Å². The Labute approximate surface area is 167 Å². The van der Waals surface area contributed by atoms with E-state index in [1.807, 2.05) is 36.6 Å². The standard InChI is InChI=1S/C22H21FN2O2S/c1-15-11-17(7-9-20(15)23)12-24-22(26)10-8-18-5-3-4-6-21(18)27-13-19-14-28-16(2)25-19/h3-11,14H,12-13H2,1-2H3,(H,24,26)/b10-8+. The number of carbonyl (C=O) groups excluding carboxylic acids is 1. The summed E-state index contributed by atoms with van der Waals surface area (Å²) in [6, 6.07) is 12.3. The molecule has 1 aromatic heterocycles. The smallest absolute Gasteiger partial charge is 0.244 e. The average Bonchev–Trinajstić information content (AvgIpc) is 3.11. The predicted octanol–water partition coefficient (Wildman–Crippen LogP) is 4.81. The van der Waals surface area contributed by atoms with Crippen molar-refractivity contribution in [2.24, 2.45) is 0 Å². The number of ether oxygens (including phenoxy) is 1. The summed E-state index contributed by atoms with van der Waals surface area (Å²) < 4.78 is 19.2. The van der Waals surface area contributed by atoms with Crippen LogP contribution in [0.1, 0.15) is 27.4 Å². The lowest BCUT2D eigenvalue weighted by Crippen LogP contribution is -2.20. The number of thiazole rings is 1. The van der Waals surface area contributed by atoms with Crippen molar-refractivity contribution in [1.29, 1.82) is 0 Å². The quantitative estimate of drug-likeness (QED) is 0.583. The van der Waals surface area contributed by atoms with Gasteiger partial charge in [0, 0.05) is 23.6 Å². The number of amides is 1. The van der Waals surface area contributed by atoms with Crippen LogP contribution in [0.5, 0.6) is 5.75 Å². The van der Waals surface area contributed by atoms with Gasteiger partial charge in [0.25, 0.3) is 0 Å². The van der Waals surface area contributed by atoms with E-state index < -0.39 is 0 Å². The van der Waals surface area contributed by atoms with Crippen LogP contribution >= 0.6 is 11.3 Å². The minimum atomic E-state index is -0.251. The van der Waals surface area contributed by atoms with Gasteiger partial charge in [0.05, 0.1) is 10.7 Å². The monoisotopic (exact) mass is 396 g/mol. The number of hydrogen-bond acceptors (Lipinski definition) is 4. The lowest BCUT2D eigenvalue weighted by atomic mass is 10.1. The summed E-state index contributed by atoms with van der Waals surface area (Å²) >= 11 is 1.58. The zero-order valence-electron chi connectivity index (χ0n) is 15.7. The average molecular weight is 396 g/mol. The molecule has 0 unspecified atom stereocenters. The summed E-state index contributed by atoms with van der Waals surface area (Å²) in [6.45, 7) is 4.37. The molecule has 1 N–H and O–H groups in total. The predicted molar refractivity (Wildman–Crippen MR) is 110 cm³/mol. The van der Waals surface area contributed by atoms with Gasteiger partial charge in [-0.05, 0) is 43.2 Å². The van der Waals surface area contributed by atoms with Gasteiger partial charge in [0.1, 0.15) is 18.2 Å². The van der Waals surface area contributed by atoms with Crippen LogP contribution in [0.15, 0.2) is 53.9 Å². The van der Waals surface area contributed by atoms with E-state index in [-0.39, 0.29) is 11.7 Å². The van der Waals surface area contributed by atoms with Crippen molar-refractivity contribution in [1.82, 2.24) is 10.3 Å². The number of benzene rings is 2. The van der Waals surface area contributed by atoms with Gasteiger partial charge in [-0.3, -0.25) is 4.79 Å². The van der Waals surface area contributed by atoms with Crippen LogP contribution in [0.25, 0.3) is 6.08 Å². The molecule has 2 aromatic carbocycles. The maximum Gasteiger partial charge on any atom is 0.244 e. The number of aromatic nitrogens is 1. The Balaban J connectivity index is 1.58. The molecule has 144 valence electrons. The highest BCUT2D eigenvalue weighted by atomic mass is 32.1. The van der Waals surface area contributed by atoms with E-state index in [0.29, 0.717) is 24.5 Å². The topological polar surface area (TPSA) is 51.2 Å². The molecule has 0 saturated heterocycles. The number of halogens is 1. The molecule has 0 radical (unpaired) electrons. The van der Waals surface area contributed by atoms with Crippen molar-refractivity contribution >= 4 is 23.3 Å². The van der Waals surface area contributed by atoms with E-state index in [9.17, 15) is 9.18 Å². The van der Waals surface area contributed by atoms with Crippen LogP contribution in [0.2, 0.25) is 0 Å². The third kappa shape index (κ3) is 5.50. The van der Waals surface area contributed by atoms with E-state index in [1.54, 1.807) is 36.5 Å². The van der Waals surface area contributed by atoms with Crippen LogP contribution in [-0.2, 0) is 17.9 Å². The molecule has 0 aliphatic heterocycles. The SMILES string of the molecule is Cc1nc(COc2ccccc2/C=C/C(=O)NCc2ccc(F)c(C)c2)cs1. The Morgan fingerprint density at radius 2 is 2.07 bits per heavy atom. The van der Waals surface area contributed by atoms with E-state index in [0.717, 1.165) is 21.8 Å². The zero-order valence-corrected chi connectivity index (χ0v) is 16.6. The Hall–Kier alpha value is -2.99. The van der Waals surface area contributed by atoms with Crippen molar-refractivity contribution in [2.45, 2.75) is 27.0 Å². The minimum Gasteiger partial charge on any atom is -0.487 e. The van der Waals surface area contributed by atoms with Gasteiger partial charge in [-0.15, -0.1) is 11.3 Å². The maximum absolute atomic E-state index is 13.3. The Bertz CT molecular complexity index is 998. The van der Waals surface area contributed by atoms with E-state index >= 15 is 0 Å². The van der Waals surface area contributed by atoms with Crippen molar-refractivity contribution in [2.75, 3.05) is 0 Å². The van der Waals surface area contributed by atoms with Gasteiger partial charge in [-0.2, -0.15) is 0 Å². The van der Waals surface area contributed by atoms with Gasteiger partial charge in [0.15, 0.2) is 0 Å². The molecular formula is C22H21FN2O2S. The first kappa shape index (κ1) is 19.8. The minimum absolute atomic E-state index is 0.230. The number of nitrogens with one attached hydrogen (secondary N) is 1. The number of nitrogens with zero attached hydrogens (tertiary/aromatic N) is 1. The first-order valence-electron chi connectivity index (χ1n) is 8.85. The van der Waals surface area contributed by atoms with E-state index in [2.05, 4.69) is 10.3 Å². The summed E-state index contributed by atoms with van der Waals surface area (Å²) in [5, 5.41) is 5.77. The van der Waals surface area contributed by atoms with Gasteiger partial charge < -0.3 is 10.1 Å². The summed E-state index contributed by atoms with van der Waals surface area (Å²) in [6.07, 6.45) is 3.18. The van der Waals surface area contributed by atoms with Gasteiger partial charge in [0.2, 0.25) is 5.91 Å². The molecule has 0 atom stereocenters. The third-order valence-electron chi connectivity index (χ3n) is 4.06. The number of hydrogen-bond donors (Lipinski definition) is 1. The zero-order chi connectivity index (χ0) is 19.9. The lowest BCUT2D eigenvalue weighted by Gasteiger charge is -2.08. The molecule has 0 fully saturated rings. The van der Waals surface area contributed by atoms with Crippen molar-refractivity contribution in [3.05, 3.63) is 87.1 Å². The number of carbonyl (C=O) groups is 1. The normalized spacial score (nSPS) is 11.0. The van der Waals surface area contributed by atoms with Crippen LogP contribution in [-0.4, -0.2) is 10.9 Å². The fourth-order valence-corrected chi connectivity index (χ4v) is 3.20. The van der Waals surface area contributed by atoms with Gasteiger partial charge in [-0.1, -0.05) is 30.3 Å². The molecule has 0 aliphatic carbocycles. The highest BCUT2D eigenvalue weighted by Gasteiger charge is 2.05. The molecule has 3 aromatic rings. The van der Waals surface area contributed by atoms with Crippen molar-refractivity contribution in [3.63, 3.8) is 0 Å². The second-order valence-electron chi connectivity index (χ2n) is 6.32. The molecule has 4 nitrogen and oxygen atoms in total. The van der Waals surface area contributed by atoms with Gasteiger partial charge >= 0.3 is 0 Å². The lowest BCUT2D eigenvalue weighted by molar-refractivity contribution is -0.116. The number of aryl methyl sites for hydroxylation is 2. The first-order valence-corrected chi connectivity index (χ1v) is 9.73. The largest absolute Gasteiger partial charge is 0.487 e. The van der Waals surface area contributed by atoms with Crippen molar-refractivity contribution < 1.29 is 13.9 Å². The Kier molecular flexibility index (Phi) is 6.55. The van der Waals surface area contributed by atoms with Crippen LogP contribution in [0.3, 0.4) is 0 Å². The Morgan fingerprint density at radius 3 is 2.82 bits per heavy atom. The number of para-hydroxylation sites is 1. The molecule has 28 heavy (non-hydrogen) atoms. The number of rotatable bonds is 7. The molecular weight excluding hydrogens is 375 g/mol. The van der Waals surface area contributed by atoms with E-state index in [4.69, 9.17) is 4.74 Å². The molecule has 0 saturated carbocycles. The molecule has 1 heterocycles. The summed E-state index contributed by atoms with van der Waals surface area (Å²) in [5.41, 5.74) is 3.10. The summed E-state index contributed by atoms with van der Waals surface area (Å²) in [5.74, 6) is 0.206. The van der Waals surface area contributed by atoms with Crippen LogP contribution < -0.4 is 10.1 Å². The fourth-order valence-electron chi connectivity index (χ4n) is 2.61. The highest BCUT2D eigenvalue weighted by molar-refractivity contribution is 7.09. The summed E-state index contributed by atoms with van der Waals surface area (Å²) in [7, 11) is 0. The maximum atomic E-state index is 13.3. The van der Waals surface area contributed by atoms with Crippen LogP contribution in [0, 0.1) is 19.7 Å². The second-order valence-corrected chi connectivity index (χ2v) is 7.38. The second kappa shape index (κ2) is 9.28. The Morgan fingerprint density at radius 1 is 1.25 bits per heavy atom. The van der Waals surface area contributed by atoms with Crippen LogP contribution in [0.4, 0.5) is 4.39 Å². The fraction of sp³-hybridized carbons (Fsp3) is 0.182. The van der Waals surface area contributed by atoms with Crippen molar-refractivity contribution in [3.8, 4) is 5.75 Å². The molecule has 0 aliphatic rings. The first-order chi connectivity index (χ1) is 13.5. The molecule has 1 amide bonds. The third-order valence-corrected chi connectivity index (χ3v) is 4.89. The molecule has 3 rings (SSSR count). The highest BCUT2D eigenvalue weighted by Crippen LogP contribution is 2.21. The molecule has 0 bridgehead atoms.